The van der Waals surface area contributed by atoms with Crippen molar-refractivity contribution in [1.29, 1.82) is 0 Å². The van der Waals surface area contributed by atoms with Gasteiger partial charge in [0.1, 0.15) is 11.5 Å². The molecule has 0 aromatic heterocycles. The number of hydrogen-bond acceptors (Lipinski definition) is 3. The van der Waals surface area contributed by atoms with Gasteiger partial charge in [0.15, 0.2) is 0 Å². The first-order valence-electron chi connectivity index (χ1n) is 4.24. The normalized spacial score (nSPS) is 11.8. The highest BCUT2D eigenvalue weighted by molar-refractivity contribution is 7.85. The molecule has 1 rings (SSSR count). The quantitative estimate of drug-likeness (QED) is 0.775. The van der Waals surface area contributed by atoms with Crippen LogP contribution in [0, 0.1) is 6.92 Å². The lowest BCUT2D eigenvalue weighted by Crippen LogP contribution is -2.04. The fourth-order valence-corrected chi connectivity index (χ4v) is 1.73. The van der Waals surface area contributed by atoms with E-state index in [-0.39, 0.29) is 11.3 Å². The first kappa shape index (κ1) is 12.8. The number of hydrogen-bond donors (Lipinski definition) is 0. The molecular weight excluding hydrogens is 245 g/mol. The molecule has 0 bridgehead atoms. The van der Waals surface area contributed by atoms with Crippen molar-refractivity contribution in [2.75, 3.05) is 0 Å². The molecule has 0 saturated carbocycles. The van der Waals surface area contributed by atoms with Crippen LogP contribution in [0.5, 0.6) is 5.75 Å². The van der Waals surface area contributed by atoms with Gasteiger partial charge in [-0.2, -0.15) is 17.2 Å². The molecule has 0 atom stereocenters. The molecule has 0 aliphatic rings. The fourth-order valence-electron chi connectivity index (χ4n) is 1.16. The minimum atomic E-state index is -4.68. The average molecular weight is 254 g/mol. The van der Waals surface area contributed by atoms with E-state index in [1.807, 2.05) is 0 Å². The summed E-state index contributed by atoms with van der Waals surface area (Å²) in [5.74, 6) is -1.01. The maximum atomic E-state index is 12.4. The Labute approximate surface area is 91.1 Å². The van der Waals surface area contributed by atoms with Gasteiger partial charge in [0.2, 0.25) is 0 Å². The standard InChI is InChI=1S/C9H9F3O3S/c1-6-2-3-7(5-16(12,13)14)4-8(6)15-9(10)11/h2-4,9H,5H2,1H3. The third-order valence-electron chi connectivity index (χ3n) is 1.81. The summed E-state index contributed by atoms with van der Waals surface area (Å²) in [6.07, 6.45) is 0. The Balaban J connectivity index is 2.98. The number of benzene rings is 1. The summed E-state index contributed by atoms with van der Waals surface area (Å²) in [7, 11) is -4.68. The Morgan fingerprint density at radius 2 is 2.00 bits per heavy atom. The first-order valence-corrected chi connectivity index (χ1v) is 5.80. The third kappa shape index (κ3) is 4.09. The number of halogens is 3. The Hall–Kier alpha value is -1.24. The van der Waals surface area contributed by atoms with Gasteiger partial charge in [-0.05, 0) is 24.1 Å². The molecule has 0 amide bonds. The molecule has 0 spiro atoms. The molecule has 0 N–H and O–H groups in total. The predicted molar refractivity (Wildman–Crippen MR) is 51.5 cm³/mol. The molecule has 16 heavy (non-hydrogen) atoms. The third-order valence-corrected chi connectivity index (χ3v) is 2.49. The van der Waals surface area contributed by atoms with E-state index in [4.69, 9.17) is 0 Å². The molecule has 0 aliphatic carbocycles. The molecule has 3 nitrogen and oxygen atoms in total. The van der Waals surface area contributed by atoms with Crippen LogP contribution in [-0.4, -0.2) is 15.0 Å². The zero-order valence-corrected chi connectivity index (χ0v) is 9.10. The summed E-state index contributed by atoms with van der Waals surface area (Å²) in [5.41, 5.74) is 0.476. The summed E-state index contributed by atoms with van der Waals surface area (Å²) in [5, 5.41) is 0. The lowest BCUT2D eigenvalue weighted by atomic mass is 10.1. The van der Waals surface area contributed by atoms with Crippen molar-refractivity contribution >= 4 is 10.2 Å². The summed E-state index contributed by atoms with van der Waals surface area (Å²) < 4.78 is 61.1. The predicted octanol–water partition coefficient (Wildman–Crippen LogP) is 2.40. The van der Waals surface area contributed by atoms with Crippen LogP contribution in [0.3, 0.4) is 0 Å². The van der Waals surface area contributed by atoms with Crippen molar-refractivity contribution in [3.05, 3.63) is 29.3 Å². The molecule has 1 aromatic carbocycles. The molecule has 0 heterocycles. The zero-order chi connectivity index (χ0) is 12.3. The van der Waals surface area contributed by atoms with Crippen molar-refractivity contribution in [3.8, 4) is 5.75 Å². The fraction of sp³-hybridized carbons (Fsp3) is 0.333. The second kappa shape index (κ2) is 4.73. The lowest BCUT2D eigenvalue weighted by Gasteiger charge is -2.09. The van der Waals surface area contributed by atoms with Crippen LogP contribution < -0.4 is 4.74 Å². The summed E-state index contributed by atoms with van der Waals surface area (Å²) in [6.45, 7) is -1.48. The van der Waals surface area contributed by atoms with Crippen molar-refractivity contribution in [2.24, 2.45) is 0 Å². The average Bonchev–Trinajstić information content (AvgIpc) is 2.07. The van der Waals surface area contributed by atoms with Crippen LogP contribution in [0.2, 0.25) is 0 Å². The number of rotatable bonds is 4. The Bertz CT molecular complexity index is 471. The highest BCUT2D eigenvalue weighted by atomic mass is 32.3. The van der Waals surface area contributed by atoms with Gasteiger partial charge in [-0.1, -0.05) is 12.1 Å². The summed E-state index contributed by atoms with van der Waals surface area (Å²) in [4.78, 5) is 0. The van der Waals surface area contributed by atoms with Crippen LogP contribution in [0.25, 0.3) is 0 Å². The second-order valence-corrected chi connectivity index (χ2v) is 4.53. The van der Waals surface area contributed by atoms with Crippen LogP contribution in [0.4, 0.5) is 12.7 Å². The van der Waals surface area contributed by atoms with Gasteiger partial charge in [-0.25, -0.2) is 0 Å². The molecule has 0 aliphatic heterocycles. The van der Waals surface area contributed by atoms with Gasteiger partial charge in [0, 0.05) is 0 Å². The van der Waals surface area contributed by atoms with Gasteiger partial charge in [0.05, 0.1) is 0 Å². The molecule has 7 heteroatoms. The molecule has 0 saturated heterocycles. The number of aryl methyl sites for hydroxylation is 1. The van der Waals surface area contributed by atoms with E-state index < -0.39 is 22.6 Å². The van der Waals surface area contributed by atoms with Gasteiger partial charge >= 0.3 is 16.8 Å². The monoisotopic (exact) mass is 254 g/mol. The van der Waals surface area contributed by atoms with Gasteiger partial charge in [0.25, 0.3) is 0 Å². The highest BCUT2D eigenvalue weighted by Crippen LogP contribution is 2.22. The van der Waals surface area contributed by atoms with Crippen LogP contribution >= 0.6 is 0 Å². The largest absolute Gasteiger partial charge is 0.435 e. The Kier molecular flexibility index (Phi) is 3.79. The SMILES string of the molecule is Cc1ccc(CS(=O)(=O)F)cc1OC(F)F. The van der Waals surface area contributed by atoms with Crippen LogP contribution in [0.15, 0.2) is 18.2 Å². The zero-order valence-electron chi connectivity index (χ0n) is 8.28. The first-order chi connectivity index (χ1) is 7.28. The lowest BCUT2D eigenvalue weighted by molar-refractivity contribution is -0.0503. The van der Waals surface area contributed by atoms with Gasteiger partial charge in [-0.15, -0.1) is 3.89 Å². The summed E-state index contributed by atoms with van der Waals surface area (Å²) >= 11 is 0. The van der Waals surface area contributed by atoms with E-state index in [9.17, 15) is 21.1 Å². The molecule has 0 unspecified atom stereocenters. The Morgan fingerprint density at radius 1 is 1.38 bits per heavy atom. The summed E-state index contributed by atoms with van der Waals surface area (Å²) in [6, 6.07) is 3.81. The second-order valence-electron chi connectivity index (χ2n) is 3.16. The van der Waals surface area contributed by atoms with E-state index in [2.05, 4.69) is 4.74 Å². The molecule has 0 fully saturated rings. The molecular formula is C9H9F3O3S. The van der Waals surface area contributed by atoms with E-state index in [1.54, 1.807) is 0 Å². The minimum Gasteiger partial charge on any atom is -0.435 e. The van der Waals surface area contributed by atoms with Crippen LogP contribution in [-0.2, 0) is 16.0 Å². The number of alkyl halides is 2. The molecule has 1 aromatic rings. The van der Waals surface area contributed by atoms with Gasteiger partial charge < -0.3 is 4.74 Å². The Morgan fingerprint density at radius 3 is 2.50 bits per heavy atom. The van der Waals surface area contributed by atoms with Crippen molar-refractivity contribution in [3.63, 3.8) is 0 Å². The van der Waals surface area contributed by atoms with E-state index >= 15 is 0 Å². The number of ether oxygens (including phenoxy) is 1. The van der Waals surface area contributed by atoms with Crippen LogP contribution in [0.1, 0.15) is 11.1 Å². The van der Waals surface area contributed by atoms with E-state index in [0.29, 0.717) is 5.56 Å². The topological polar surface area (TPSA) is 43.4 Å². The highest BCUT2D eigenvalue weighted by Gasteiger charge is 2.12. The minimum absolute atomic E-state index is 0.0590. The van der Waals surface area contributed by atoms with Crippen molar-refractivity contribution < 1.29 is 25.8 Å². The molecule has 0 radical (unpaired) electrons. The smallest absolute Gasteiger partial charge is 0.387 e. The van der Waals surface area contributed by atoms with Crippen molar-refractivity contribution in [1.82, 2.24) is 0 Å². The maximum Gasteiger partial charge on any atom is 0.387 e. The maximum absolute atomic E-state index is 12.4. The van der Waals surface area contributed by atoms with Gasteiger partial charge in [-0.3, -0.25) is 0 Å². The van der Waals surface area contributed by atoms with Crippen molar-refractivity contribution in [2.45, 2.75) is 19.3 Å². The van der Waals surface area contributed by atoms with E-state index in [1.165, 1.54) is 19.1 Å². The molecule has 90 valence electrons. The van der Waals surface area contributed by atoms with E-state index in [0.717, 1.165) is 6.07 Å².